The monoisotopic (exact) mass is 331 g/mol. The molecule has 7 heteroatoms. The number of ether oxygens (including phenoxy) is 1. The van der Waals surface area contributed by atoms with E-state index in [2.05, 4.69) is 6.92 Å². The number of halogens is 1. The molecule has 1 aromatic rings. The second-order valence-electron chi connectivity index (χ2n) is 5.45. The van der Waals surface area contributed by atoms with Crippen LogP contribution in [0.25, 0.3) is 0 Å². The van der Waals surface area contributed by atoms with E-state index in [4.69, 9.17) is 15.4 Å². The highest BCUT2D eigenvalue weighted by atomic mass is 35.7. The lowest BCUT2D eigenvalue weighted by atomic mass is 10.1. The molecule has 1 heterocycles. The Balaban J connectivity index is 2.44. The summed E-state index contributed by atoms with van der Waals surface area (Å²) in [7, 11) is 2.90. The second kappa shape index (κ2) is 5.85. The van der Waals surface area contributed by atoms with E-state index in [0.29, 0.717) is 18.2 Å². The maximum absolute atomic E-state index is 12.7. The number of carbonyl (C=O) groups excluding carboxylic acids is 1. The maximum atomic E-state index is 12.7. The molecular weight excluding hydrogens is 314 g/mol. The van der Waals surface area contributed by atoms with Crippen molar-refractivity contribution in [3.05, 3.63) is 23.8 Å². The first-order chi connectivity index (χ1) is 9.74. The third-order valence-electron chi connectivity index (χ3n) is 3.73. The summed E-state index contributed by atoms with van der Waals surface area (Å²) in [6, 6.07) is 4.17. The number of nitrogens with zero attached hydrogens (tertiary/aromatic N) is 1. The highest BCUT2D eigenvalue weighted by molar-refractivity contribution is 8.13. The zero-order valence-corrected chi connectivity index (χ0v) is 13.7. The van der Waals surface area contributed by atoms with Crippen molar-refractivity contribution in [3.8, 4) is 5.75 Å². The van der Waals surface area contributed by atoms with Crippen LogP contribution in [0.4, 0.5) is 0 Å². The quantitative estimate of drug-likeness (QED) is 0.798. The van der Waals surface area contributed by atoms with Crippen molar-refractivity contribution in [2.75, 3.05) is 13.7 Å². The van der Waals surface area contributed by atoms with Gasteiger partial charge in [-0.1, -0.05) is 6.92 Å². The van der Waals surface area contributed by atoms with Crippen LogP contribution in [0.5, 0.6) is 5.75 Å². The van der Waals surface area contributed by atoms with Crippen LogP contribution in [0.2, 0.25) is 0 Å². The minimum atomic E-state index is -3.89. The Kier molecular flexibility index (Phi) is 4.49. The van der Waals surface area contributed by atoms with Gasteiger partial charge in [0.2, 0.25) is 0 Å². The Hall–Kier alpha value is -1.27. The fourth-order valence-electron chi connectivity index (χ4n) is 2.74. The number of hydrogen-bond acceptors (Lipinski definition) is 4. The molecule has 5 nitrogen and oxygen atoms in total. The van der Waals surface area contributed by atoms with Crippen molar-refractivity contribution < 1.29 is 17.9 Å². The molecule has 0 aromatic heterocycles. The van der Waals surface area contributed by atoms with Crippen molar-refractivity contribution in [2.24, 2.45) is 5.92 Å². The molecule has 1 aliphatic heterocycles. The summed E-state index contributed by atoms with van der Waals surface area (Å²) in [5, 5.41) is 0. The molecule has 21 heavy (non-hydrogen) atoms. The van der Waals surface area contributed by atoms with E-state index >= 15 is 0 Å². The van der Waals surface area contributed by atoms with Gasteiger partial charge >= 0.3 is 0 Å². The van der Waals surface area contributed by atoms with Gasteiger partial charge in [-0.15, -0.1) is 0 Å². The number of methoxy groups -OCH3 is 1. The van der Waals surface area contributed by atoms with Crippen LogP contribution in [-0.4, -0.2) is 38.9 Å². The third-order valence-corrected chi connectivity index (χ3v) is 5.08. The van der Waals surface area contributed by atoms with E-state index in [1.165, 1.54) is 25.3 Å². The molecule has 0 N–H and O–H groups in total. The van der Waals surface area contributed by atoms with Gasteiger partial charge in [-0.25, -0.2) is 8.42 Å². The first-order valence-electron chi connectivity index (χ1n) is 6.67. The lowest BCUT2D eigenvalue weighted by Gasteiger charge is -2.22. The van der Waals surface area contributed by atoms with Crippen molar-refractivity contribution in [1.29, 1.82) is 0 Å². The van der Waals surface area contributed by atoms with Crippen molar-refractivity contribution >= 4 is 25.6 Å². The van der Waals surface area contributed by atoms with Crippen LogP contribution in [-0.2, 0) is 9.05 Å². The highest BCUT2D eigenvalue weighted by Crippen LogP contribution is 2.29. The predicted octanol–water partition coefficient (Wildman–Crippen LogP) is 2.49. The van der Waals surface area contributed by atoms with E-state index < -0.39 is 9.05 Å². The molecule has 1 saturated heterocycles. The first kappa shape index (κ1) is 16.1. The normalized spacial score (nSPS) is 22.4. The molecule has 2 unspecified atom stereocenters. The summed E-state index contributed by atoms with van der Waals surface area (Å²) in [5.74, 6) is 0.538. The number of hydrogen-bond donors (Lipinski definition) is 0. The maximum Gasteiger partial charge on any atom is 0.261 e. The fourth-order valence-corrected chi connectivity index (χ4v) is 3.52. The molecule has 1 amide bonds. The van der Waals surface area contributed by atoms with Crippen LogP contribution >= 0.6 is 10.7 Å². The molecule has 1 fully saturated rings. The minimum Gasteiger partial charge on any atom is -0.496 e. The minimum absolute atomic E-state index is 0.104. The second-order valence-corrected chi connectivity index (χ2v) is 8.01. The summed E-state index contributed by atoms with van der Waals surface area (Å²) < 4.78 is 28.1. The molecule has 1 aromatic carbocycles. The van der Waals surface area contributed by atoms with Crippen LogP contribution in [0.15, 0.2) is 23.1 Å². The van der Waals surface area contributed by atoms with Gasteiger partial charge in [-0.2, -0.15) is 0 Å². The van der Waals surface area contributed by atoms with Crippen LogP contribution in [0, 0.1) is 5.92 Å². The van der Waals surface area contributed by atoms with Gasteiger partial charge in [-0.3, -0.25) is 4.79 Å². The van der Waals surface area contributed by atoms with E-state index in [0.717, 1.165) is 6.42 Å². The topological polar surface area (TPSA) is 63.7 Å². The van der Waals surface area contributed by atoms with Gasteiger partial charge in [0.05, 0.1) is 17.6 Å². The zero-order valence-electron chi connectivity index (χ0n) is 12.2. The SMILES string of the molecule is COc1ccc(S(=O)(=O)Cl)cc1C(=O)N1CC(C)CC1C. The summed E-state index contributed by atoms with van der Waals surface area (Å²) in [6.45, 7) is 4.72. The number of carbonyl (C=O) groups is 1. The molecule has 2 rings (SSSR count). The molecule has 0 saturated carbocycles. The average molecular weight is 332 g/mol. The van der Waals surface area contributed by atoms with Crippen LogP contribution in [0.3, 0.4) is 0 Å². The summed E-state index contributed by atoms with van der Waals surface area (Å²) in [6.07, 6.45) is 0.932. The molecule has 0 aliphatic carbocycles. The lowest BCUT2D eigenvalue weighted by molar-refractivity contribution is 0.0740. The Labute approximate surface area is 129 Å². The van der Waals surface area contributed by atoms with Gasteiger partial charge in [-0.05, 0) is 37.5 Å². The number of likely N-dealkylation sites (tertiary alicyclic amines) is 1. The molecular formula is C14H18ClNO4S. The smallest absolute Gasteiger partial charge is 0.261 e. The van der Waals surface area contributed by atoms with Crippen LogP contribution in [0.1, 0.15) is 30.6 Å². The Morgan fingerprint density at radius 1 is 1.38 bits per heavy atom. The Morgan fingerprint density at radius 3 is 2.52 bits per heavy atom. The molecule has 2 atom stereocenters. The average Bonchev–Trinajstić information content (AvgIpc) is 2.75. The van der Waals surface area contributed by atoms with E-state index in [1.54, 1.807) is 4.90 Å². The first-order valence-corrected chi connectivity index (χ1v) is 8.98. The summed E-state index contributed by atoms with van der Waals surface area (Å²) >= 11 is 0. The van der Waals surface area contributed by atoms with Gasteiger partial charge in [0.15, 0.2) is 0 Å². The molecule has 1 aliphatic rings. The lowest BCUT2D eigenvalue weighted by Crippen LogP contribution is -2.34. The molecule has 116 valence electrons. The Morgan fingerprint density at radius 2 is 2.05 bits per heavy atom. The fraction of sp³-hybridized carbons (Fsp3) is 0.500. The highest BCUT2D eigenvalue weighted by Gasteiger charge is 2.32. The third kappa shape index (κ3) is 3.32. The van der Waals surface area contributed by atoms with Gasteiger partial charge < -0.3 is 9.64 Å². The molecule has 0 radical (unpaired) electrons. The van der Waals surface area contributed by atoms with E-state index in [9.17, 15) is 13.2 Å². The number of rotatable bonds is 3. The molecule has 0 spiro atoms. The van der Waals surface area contributed by atoms with E-state index in [-0.39, 0.29) is 22.4 Å². The van der Waals surface area contributed by atoms with Gasteiger partial charge in [0.25, 0.3) is 15.0 Å². The zero-order chi connectivity index (χ0) is 15.8. The van der Waals surface area contributed by atoms with Crippen molar-refractivity contribution in [2.45, 2.75) is 31.2 Å². The van der Waals surface area contributed by atoms with Crippen LogP contribution < -0.4 is 4.74 Å². The molecule has 0 bridgehead atoms. The van der Waals surface area contributed by atoms with Gasteiger partial charge in [0.1, 0.15) is 5.75 Å². The van der Waals surface area contributed by atoms with E-state index in [1.807, 2.05) is 6.92 Å². The van der Waals surface area contributed by atoms with Crippen molar-refractivity contribution in [1.82, 2.24) is 4.90 Å². The summed E-state index contributed by atoms with van der Waals surface area (Å²) in [5.41, 5.74) is 0.222. The summed E-state index contributed by atoms with van der Waals surface area (Å²) in [4.78, 5) is 14.3. The standard InChI is InChI=1S/C14H18ClNO4S/c1-9-6-10(2)16(8-9)14(17)12-7-11(21(15,18)19)4-5-13(12)20-3/h4-5,7,9-10H,6,8H2,1-3H3. The number of benzene rings is 1. The van der Waals surface area contributed by atoms with Gasteiger partial charge in [0, 0.05) is 23.3 Å². The largest absolute Gasteiger partial charge is 0.496 e. The Bertz CT molecular complexity index is 659. The number of amides is 1. The van der Waals surface area contributed by atoms with Crippen molar-refractivity contribution in [3.63, 3.8) is 0 Å². The predicted molar refractivity (Wildman–Crippen MR) is 80.3 cm³/mol.